The van der Waals surface area contributed by atoms with Crippen LogP contribution in [-0.4, -0.2) is 25.0 Å². The SMILES string of the molecule is C#N.CCC1CCCN(C)C1. The summed E-state index contributed by atoms with van der Waals surface area (Å²) in [6.07, 6.45) is 4.24. The fourth-order valence-electron chi connectivity index (χ4n) is 1.61. The molecule has 1 heterocycles. The maximum absolute atomic E-state index is 6.50. The minimum atomic E-state index is 0.990. The lowest BCUT2D eigenvalue weighted by Gasteiger charge is -2.28. The Morgan fingerprint density at radius 2 is 2.18 bits per heavy atom. The van der Waals surface area contributed by atoms with Crippen LogP contribution in [0.4, 0.5) is 0 Å². The number of hydrogen-bond acceptors (Lipinski definition) is 2. The van der Waals surface area contributed by atoms with Crippen molar-refractivity contribution in [3.05, 3.63) is 0 Å². The summed E-state index contributed by atoms with van der Waals surface area (Å²) in [5.74, 6) is 0.990. The van der Waals surface area contributed by atoms with Crippen molar-refractivity contribution in [2.45, 2.75) is 26.2 Å². The molecule has 0 spiro atoms. The topological polar surface area (TPSA) is 27.0 Å². The van der Waals surface area contributed by atoms with Gasteiger partial charge in [0.25, 0.3) is 0 Å². The zero-order valence-electron chi connectivity index (χ0n) is 7.58. The van der Waals surface area contributed by atoms with Crippen molar-refractivity contribution in [2.75, 3.05) is 20.1 Å². The van der Waals surface area contributed by atoms with Crippen molar-refractivity contribution in [1.82, 2.24) is 4.90 Å². The van der Waals surface area contributed by atoms with E-state index in [-0.39, 0.29) is 0 Å². The van der Waals surface area contributed by atoms with Gasteiger partial charge in [0, 0.05) is 13.1 Å². The average Bonchev–Trinajstić information content (AvgIpc) is 2.08. The van der Waals surface area contributed by atoms with Gasteiger partial charge in [-0.15, -0.1) is 0 Å². The molecule has 1 fully saturated rings. The molecule has 11 heavy (non-hydrogen) atoms. The Bertz CT molecular complexity index is 109. The van der Waals surface area contributed by atoms with Gasteiger partial charge >= 0.3 is 0 Å². The Balaban J connectivity index is 0.000000461. The van der Waals surface area contributed by atoms with Crippen molar-refractivity contribution >= 4 is 0 Å². The number of rotatable bonds is 1. The Morgan fingerprint density at radius 3 is 2.55 bits per heavy atom. The van der Waals surface area contributed by atoms with Crippen molar-refractivity contribution in [3.8, 4) is 6.57 Å². The lowest BCUT2D eigenvalue weighted by Crippen LogP contribution is -2.31. The summed E-state index contributed by atoms with van der Waals surface area (Å²) in [5.41, 5.74) is 0. The molecular weight excluding hydrogens is 136 g/mol. The Hall–Kier alpha value is -0.550. The van der Waals surface area contributed by atoms with Gasteiger partial charge in [-0.1, -0.05) is 13.3 Å². The fourth-order valence-corrected chi connectivity index (χ4v) is 1.61. The molecule has 1 aliphatic heterocycles. The van der Waals surface area contributed by atoms with Gasteiger partial charge in [-0.3, -0.25) is 0 Å². The second kappa shape index (κ2) is 6.18. The smallest absolute Gasteiger partial charge is 0.0462 e. The molecule has 1 saturated heterocycles. The molecule has 0 saturated carbocycles. The summed E-state index contributed by atoms with van der Waals surface area (Å²) in [6, 6.07) is 0. The Kier molecular flexibility index (Phi) is 5.87. The molecule has 1 atom stereocenters. The van der Waals surface area contributed by atoms with Gasteiger partial charge in [0.05, 0.1) is 0 Å². The van der Waals surface area contributed by atoms with Crippen LogP contribution in [0.1, 0.15) is 26.2 Å². The molecule has 0 radical (unpaired) electrons. The van der Waals surface area contributed by atoms with E-state index >= 15 is 0 Å². The van der Waals surface area contributed by atoms with Gasteiger partial charge in [-0.25, -0.2) is 5.26 Å². The van der Waals surface area contributed by atoms with Gasteiger partial charge in [0.15, 0.2) is 0 Å². The quantitative estimate of drug-likeness (QED) is 0.576. The van der Waals surface area contributed by atoms with Gasteiger partial charge in [-0.05, 0) is 32.4 Å². The number of hydrogen-bond donors (Lipinski definition) is 0. The molecule has 0 aromatic rings. The van der Waals surface area contributed by atoms with E-state index in [0.717, 1.165) is 5.92 Å². The molecule has 1 unspecified atom stereocenters. The van der Waals surface area contributed by atoms with Gasteiger partial charge in [-0.2, -0.15) is 0 Å². The molecule has 64 valence electrons. The number of nitriles is 1. The molecule has 2 heteroatoms. The third-order valence-electron chi connectivity index (χ3n) is 2.30. The molecule has 0 N–H and O–H groups in total. The highest BCUT2D eigenvalue weighted by Gasteiger charge is 2.14. The minimum absolute atomic E-state index is 0.990. The first kappa shape index (κ1) is 10.4. The van der Waals surface area contributed by atoms with Gasteiger partial charge in [0.2, 0.25) is 0 Å². The summed E-state index contributed by atoms with van der Waals surface area (Å²) >= 11 is 0. The highest BCUT2D eigenvalue weighted by atomic mass is 15.1. The summed E-state index contributed by atoms with van der Waals surface area (Å²) in [5, 5.41) is 6.50. The second-order valence-electron chi connectivity index (χ2n) is 3.18. The standard InChI is InChI=1S/C8H17N.CHN/c1-3-8-5-4-6-9(2)7-8;1-2/h8H,3-7H2,1-2H3;1H. The normalized spacial score (nSPS) is 25.3. The highest BCUT2D eigenvalue weighted by Crippen LogP contribution is 2.17. The zero-order valence-corrected chi connectivity index (χ0v) is 7.58. The van der Waals surface area contributed by atoms with Crippen LogP contribution >= 0.6 is 0 Å². The fraction of sp³-hybridized carbons (Fsp3) is 0.889. The molecular formula is C9H18N2. The van der Waals surface area contributed by atoms with E-state index in [1.54, 1.807) is 0 Å². The molecule has 0 amide bonds. The van der Waals surface area contributed by atoms with E-state index in [4.69, 9.17) is 5.26 Å². The van der Waals surface area contributed by atoms with Crippen LogP contribution in [0.3, 0.4) is 0 Å². The predicted octanol–water partition coefficient (Wildman–Crippen LogP) is 1.88. The van der Waals surface area contributed by atoms with Crippen LogP contribution in [0.5, 0.6) is 0 Å². The average molecular weight is 154 g/mol. The highest BCUT2D eigenvalue weighted by molar-refractivity contribution is 4.68. The molecule has 1 aliphatic rings. The third kappa shape index (κ3) is 4.00. The van der Waals surface area contributed by atoms with E-state index < -0.39 is 0 Å². The van der Waals surface area contributed by atoms with E-state index in [1.807, 2.05) is 0 Å². The van der Waals surface area contributed by atoms with Gasteiger partial charge in [0.1, 0.15) is 0 Å². The van der Waals surface area contributed by atoms with Gasteiger partial charge < -0.3 is 4.90 Å². The summed E-state index contributed by atoms with van der Waals surface area (Å²) < 4.78 is 0. The summed E-state index contributed by atoms with van der Waals surface area (Å²) in [7, 11) is 2.22. The van der Waals surface area contributed by atoms with Crippen LogP contribution < -0.4 is 0 Å². The first-order valence-corrected chi connectivity index (χ1v) is 4.27. The largest absolute Gasteiger partial charge is 0.306 e. The van der Waals surface area contributed by atoms with E-state index in [2.05, 4.69) is 25.4 Å². The first-order chi connectivity index (χ1) is 5.33. The van der Waals surface area contributed by atoms with Crippen LogP contribution in [0.15, 0.2) is 0 Å². The minimum Gasteiger partial charge on any atom is -0.306 e. The van der Waals surface area contributed by atoms with Crippen molar-refractivity contribution < 1.29 is 0 Å². The van der Waals surface area contributed by atoms with Crippen molar-refractivity contribution in [2.24, 2.45) is 5.92 Å². The summed E-state index contributed by atoms with van der Waals surface area (Å²) in [4.78, 5) is 2.44. The first-order valence-electron chi connectivity index (χ1n) is 4.27. The second-order valence-corrected chi connectivity index (χ2v) is 3.18. The predicted molar refractivity (Wildman–Crippen MR) is 47.2 cm³/mol. The third-order valence-corrected chi connectivity index (χ3v) is 2.30. The summed E-state index contributed by atoms with van der Waals surface area (Å²) in [6.45, 7) is 8.44. The number of nitrogens with zero attached hydrogens (tertiary/aromatic N) is 2. The molecule has 0 aliphatic carbocycles. The molecule has 1 rings (SSSR count). The number of likely N-dealkylation sites (tertiary alicyclic amines) is 1. The van der Waals surface area contributed by atoms with E-state index in [1.165, 1.54) is 32.4 Å². The molecule has 2 nitrogen and oxygen atoms in total. The Morgan fingerprint density at radius 1 is 1.55 bits per heavy atom. The molecule has 0 aromatic carbocycles. The van der Waals surface area contributed by atoms with E-state index in [0.29, 0.717) is 0 Å². The monoisotopic (exact) mass is 154 g/mol. The lowest BCUT2D eigenvalue weighted by molar-refractivity contribution is 0.206. The maximum atomic E-state index is 6.50. The Labute approximate surface area is 69.8 Å². The molecule has 0 bridgehead atoms. The molecule has 0 aromatic heterocycles. The maximum Gasteiger partial charge on any atom is 0.0462 e. The number of piperidine rings is 1. The van der Waals surface area contributed by atoms with Crippen LogP contribution in [0, 0.1) is 17.8 Å². The lowest BCUT2D eigenvalue weighted by atomic mass is 9.96. The zero-order chi connectivity index (χ0) is 8.69. The van der Waals surface area contributed by atoms with Crippen LogP contribution in [0.2, 0.25) is 0 Å². The van der Waals surface area contributed by atoms with Crippen LogP contribution in [0.25, 0.3) is 0 Å². The van der Waals surface area contributed by atoms with Crippen molar-refractivity contribution in [1.29, 1.82) is 5.26 Å². The van der Waals surface area contributed by atoms with Crippen LogP contribution in [-0.2, 0) is 0 Å². The van der Waals surface area contributed by atoms with E-state index in [9.17, 15) is 0 Å². The van der Waals surface area contributed by atoms with Crippen molar-refractivity contribution in [3.63, 3.8) is 0 Å².